The number of oxazole rings is 1. The third-order valence-electron chi connectivity index (χ3n) is 3.18. The van der Waals surface area contributed by atoms with Gasteiger partial charge in [0.15, 0.2) is 5.58 Å². The zero-order valence-corrected chi connectivity index (χ0v) is 9.79. The Hall–Kier alpha value is -2.15. The Kier molecular flexibility index (Phi) is 2.41. The van der Waals surface area contributed by atoms with Crippen molar-refractivity contribution in [1.29, 1.82) is 0 Å². The molecule has 2 aromatic rings. The maximum Gasteiger partial charge on any atom is 0.298 e. The Balaban J connectivity index is 1.97. The Morgan fingerprint density at radius 2 is 2.33 bits per heavy atom. The number of nitro benzene ring substituents is 1. The number of fused-ring (bicyclic) bond motifs is 1. The highest BCUT2D eigenvalue weighted by atomic mass is 16.6. The Morgan fingerprint density at radius 1 is 1.56 bits per heavy atom. The number of hydrogen-bond donors (Lipinski definition) is 1. The molecule has 1 aliphatic rings. The lowest BCUT2D eigenvalue weighted by Gasteiger charge is -2.34. The summed E-state index contributed by atoms with van der Waals surface area (Å²) in [5.74, 6) is 0. The molecule has 0 unspecified atom stereocenters. The molecule has 0 radical (unpaired) electrons. The smallest absolute Gasteiger partial charge is 0.298 e. The molecule has 0 saturated carbocycles. The van der Waals surface area contributed by atoms with Crippen LogP contribution in [0.15, 0.2) is 22.6 Å². The van der Waals surface area contributed by atoms with E-state index in [0.717, 1.165) is 13.1 Å². The van der Waals surface area contributed by atoms with E-state index >= 15 is 0 Å². The lowest BCUT2D eigenvalue weighted by atomic mass is 10.1. The number of rotatable bonds is 3. The summed E-state index contributed by atoms with van der Waals surface area (Å²) in [4.78, 5) is 16.5. The van der Waals surface area contributed by atoms with E-state index in [1.54, 1.807) is 6.07 Å². The van der Waals surface area contributed by atoms with Crippen molar-refractivity contribution in [3.05, 3.63) is 28.3 Å². The number of hydrogen-bond acceptors (Lipinski definition) is 6. The van der Waals surface area contributed by atoms with Crippen LogP contribution >= 0.6 is 0 Å². The van der Waals surface area contributed by atoms with Crippen LogP contribution in [-0.2, 0) is 0 Å². The first-order chi connectivity index (χ1) is 8.65. The molecular weight excluding hydrogens is 236 g/mol. The van der Waals surface area contributed by atoms with Crippen LogP contribution in [0.5, 0.6) is 0 Å². The van der Waals surface area contributed by atoms with Crippen molar-refractivity contribution >= 4 is 22.8 Å². The van der Waals surface area contributed by atoms with Crippen LogP contribution in [0, 0.1) is 10.1 Å². The summed E-state index contributed by atoms with van der Waals surface area (Å²) >= 11 is 0. The van der Waals surface area contributed by atoms with Crippen LogP contribution in [-0.4, -0.2) is 36.1 Å². The molecule has 1 aromatic heterocycles. The first-order valence-corrected chi connectivity index (χ1v) is 5.63. The minimum atomic E-state index is -0.443. The van der Waals surface area contributed by atoms with Crippen LogP contribution in [0.2, 0.25) is 0 Å². The predicted octanol–water partition coefficient (Wildman–Crippen LogP) is 1.14. The van der Waals surface area contributed by atoms with Crippen molar-refractivity contribution in [2.24, 2.45) is 0 Å². The molecule has 0 bridgehead atoms. The van der Waals surface area contributed by atoms with E-state index in [-0.39, 0.29) is 5.69 Å². The average Bonchev–Trinajstić information content (AvgIpc) is 2.68. The summed E-state index contributed by atoms with van der Waals surface area (Å²) in [6, 6.07) is 5.30. The number of aromatic nitrogens is 1. The number of nitrogens with one attached hydrogen (secondary N) is 1. The van der Waals surface area contributed by atoms with E-state index in [9.17, 15) is 10.1 Å². The average molecular weight is 248 g/mol. The van der Waals surface area contributed by atoms with E-state index in [1.807, 2.05) is 11.9 Å². The van der Waals surface area contributed by atoms with Gasteiger partial charge in [0, 0.05) is 26.2 Å². The van der Waals surface area contributed by atoms with Crippen LogP contribution < -0.4 is 10.2 Å². The maximum absolute atomic E-state index is 10.7. The third kappa shape index (κ3) is 1.68. The molecule has 1 aromatic carbocycles. The Morgan fingerprint density at radius 3 is 2.94 bits per heavy atom. The second kappa shape index (κ2) is 3.95. The van der Waals surface area contributed by atoms with Gasteiger partial charge in [-0.05, 0) is 6.07 Å². The van der Waals surface area contributed by atoms with Crippen LogP contribution in [0.3, 0.4) is 0 Å². The van der Waals surface area contributed by atoms with Crippen molar-refractivity contribution < 1.29 is 9.34 Å². The van der Waals surface area contributed by atoms with Crippen LogP contribution in [0.4, 0.5) is 11.7 Å². The first kappa shape index (κ1) is 11.0. The zero-order valence-electron chi connectivity index (χ0n) is 9.79. The molecular formula is C11H12N4O3. The summed E-state index contributed by atoms with van der Waals surface area (Å²) in [5, 5.41) is 13.8. The number of non-ortho nitro benzene ring substituents is 1. The molecule has 0 amide bonds. The van der Waals surface area contributed by atoms with Gasteiger partial charge in [0.1, 0.15) is 5.52 Å². The summed E-state index contributed by atoms with van der Waals surface area (Å²) in [6.45, 7) is 1.80. The minimum Gasteiger partial charge on any atom is -0.423 e. The highest BCUT2D eigenvalue weighted by Crippen LogP contribution is 2.26. The lowest BCUT2D eigenvalue weighted by Crippen LogP contribution is -2.56. The van der Waals surface area contributed by atoms with Gasteiger partial charge in [-0.15, -0.1) is 0 Å². The molecule has 1 fully saturated rings. The quantitative estimate of drug-likeness (QED) is 0.647. The standard InChI is InChI=1S/C11H12N4O3/c1-14(8-5-12-6-8)11-13-9-3-2-7(15(16)17)4-10(9)18-11/h2-4,8,12H,5-6H2,1H3. The summed E-state index contributed by atoms with van der Waals surface area (Å²) in [6.07, 6.45) is 0. The summed E-state index contributed by atoms with van der Waals surface area (Å²) in [7, 11) is 1.91. The second-order valence-corrected chi connectivity index (χ2v) is 4.33. The highest BCUT2D eigenvalue weighted by molar-refractivity contribution is 5.77. The third-order valence-corrected chi connectivity index (χ3v) is 3.18. The second-order valence-electron chi connectivity index (χ2n) is 4.33. The van der Waals surface area contributed by atoms with Gasteiger partial charge in [0.25, 0.3) is 11.7 Å². The van der Waals surface area contributed by atoms with Crippen LogP contribution in [0.1, 0.15) is 0 Å². The number of likely N-dealkylation sites (N-methyl/N-ethyl adjacent to an activating group) is 1. The SMILES string of the molecule is CN(c1nc2ccc([N+](=O)[O-])cc2o1)C1CNC1. The normalized spacial score (nSPS) is 15.6. The highest BCUT2D eigenvalue weighted by Gasteiger charge is 2.25. The molecule has 2 heterocycles. The minimum absolute atomic E-state index is 0.0122. The van der Waals surface area contributed by atoms with E-state index < -0.39 is 4.92 Å². The van der Waals surface area contributed by atoms with Gasteiger partial charge in [0.05, 0.1) is 17.0 Å². The van der Waals surface area contributed by atoms with Gasteiger partial charge in [0.2, 0.25) is 0 Å². The van der Waals surface area contributed by atoms with Crippen molar-refractivity contribution in [3.63, 3.8) is 0 Å². The first-order valence-electron chi connectivity index (χ1n) is 5.63. The fourth-order valence-electron chi connectivity index (χ4n) is 1.87. The Labute approximate surface area is 103 Å². The summed E-state index contributed by atoms with van der Waals surface area (Å²) in [5.41, 5.74) is 1.09. The molecule has 1 saturated heterocycles. The number of nitro groups is 1. The fourth-order valence-corrected chi connectivity index (χ4v) is 1.87. The van der Waals surface area contributed by atoms with Crippen molar-refractivity contribution in [1.82, 2.24) is 10.3 Å². The molecule has 94 valence electrons. The molecule has 18 heavy (non-hydrogen) atoms. The van der Waals surface area contributed by atoms with E-state index in [1.165, 1.54) is 12.1 Å². The van der Waals surface area contributed by atoms with E-state index in [4.69, 9.17) is 4.42 Å². The van der Waals surface area contributed by atoms with Gasteiger partial charge in [-0.1, -0.05) is 0 Å². The topological polar surface area (TPSA) is 84.4 Å². The molecule has 1 N–H and O–H groups in total. The van der Waals surface area contributed by atoms with Crippen molar-refractivity contribution in [2.75, 3.05) is 25.0 Å². The van der Waals surface area contributed by atoms with E-state index in [2.05, 4.69) is 10.3 Å². The largest absolute Gasteiger partial charge is 0.423 e. The monoisotopic (exact) mass is 248 g/mol. The fraction of sp³-hybridized carbons (Fsp3) is 0.364. The number of anilines is 1. The molecule has 1 aliphatic heterocycles. The molecule has 0 atom stereocenters. The molecule has 7 heteroatoms. The van der Waals surface area contributed by atoms with E-state index in [0.29, 0.717) is 23.2 Å². The van der Waals surface area contributed by atoms with Gasteiger partial charge in [-0.25, -0.2) is 0 Å². The predicted molar refractivity (Wildman–Crippen MR) is 65.7 cm³/mol. The van der Waals surface area contributed by atoms with Gasteiger partial charge >= 0.3 is 0 Å². The number of benzene rings is 1. The lowest BCUT2D eigenvalue weighted by molar-refractivity contribution is -0.384. The summed E-state index contributed by atoms with van der Waals surface area (Å²) < 4.78 is 5.56. The van der Waals surface area contributed by atoms with Crippen LogP contribution in [0.25, 0.3) is 11.1 Å². The molecule has 3 rings (SSSR count). The zero-order chi connectivity index (χ0) is 12.7. The molecule has 0 aliphatic carbocycles. The van der Waals surface area contributed by atoms with Gasteiger partial charge in [-0.3, -0.25) is 10.1 Å². The van der Waals surface area contributed by atoms with Crippen molar-refractivity contribution in [3.8, 4) is 0 Å². The van der Waals surface area contributed by atoms with Crippen molar-refractivity contribution in [2.45, 2.75) is 6.04 Å². The maximum atomic E-state index is 10.7. The number of nitrogens with zero attached hydrogens (tertiary/aromatic N) is 3. The van der Waals surface area contributed by atoms with Gasteiger partial charge < -0.3 is 14.6 Å². The Bertz CT molecular complexity index is 605. The molecule has 0 spiro atoms. The molecule has 7 nitrogen and oxygen atoms in total. The van der Waals surface area contributed by atoms with Gasteiger partial charge in [-0.2, -0.15) is 4.98 Å².